The zero-order valence-corrected chi connectivity index (χ0v) is 14.9. The van der Waals surface area contributed by atoms with Gasteiger partial charge >= 0.3 is 0 Å². The second kappa shape index (κ2) is 7.36. The highest BCUT2D eigenvalue weighted by atomic mass is 16.3. The number of nitrogens with one attached hydrogen (secondary N) is 1. The van der Waals surface area contributed by atoms with Crippen LogP contribution in [0, 0.1) is 0 Å². The highest BCUT2D eigenvalue weighted by Crippen LogP contribution is 2.18. The summed E-state index contributed by atoms with van der Waals surface area (Å²) < 4.78 is 1.82. The van der Waals surface area contributed by atoms with Crippen LogP contribution in [0.3, 0.4) is 0 Å². The molecule has 2 N–H and O–H groups in total. The molecule has 0 spiro atoms. The van der Waals surface area contributed by atoms with Crippen molar-refractivity contribution in [2.45, 2.75) is 6.54 Å². The number of fused-ring (bicyclic) bond motifs is 2. The number of amides is 1. The third-order valence-electron chi connectivity index (χ3n) is 4.48. The third-order valence-corrected chi connectivity index (χ3v) is 4.48. The number of aromatic hydroxyl groups is 1. The predicted octanol–water partition coefficient (Wildman–Crippen LogP) is 3.01. The van der Waals surface area contributed by atoms with Gasteiger partial charge in [0.1, 0.15) is 12.3 Å². The van der Waals surface area contributed by atoms with Gasteiger partial charge in [0.25, 0.3) is 5.91 Å². The van der Waals surface area contributed by atoms with Crippen molar-refractivity contribution < 1.29 is 9.90 Å². The van der Waals surface area contributed by atoms with Crippen molar-refractivity contribution in [2.75, 3.05) is 0 Å². The highest BCUT2D eigenvalue weighted by molar-refractivity contribution is 5.95. The second-order valence-corrected chi connectivity index (χ2v) is 6.33. The molecular formula is C22H17N3O3. The number of nitrogens with zero attached hydrogens (tertiary/aromatic N) is 2. The van der Waals surface area contributed by atoms with Crippen LogP contribution in [-0.4, -0.2) is 21.8 Å². The quantitative estimate of drug-likeness (QED) is 0.329. The minimum atomic E-state index is -0.311. The topological polar surface area (TPSA) is 83.7 Å². The van der Waals surface area contributed by atoms with Gasteiger partial charge in [0.05, 0.1) is 17.2 Å². The lowest BCUT2D eigenvalue weighted by Crippen LogP contribution is -2.25. The van der Waals surface area contributed by atoms with Gasteiger partial charge in [-0.3, -0.25) is 9.59 Å². The van der Waals surface area contributed by atoms with Gasteiger partial charge < -0.3 is 9.67 Å². The Bertz CT molecular complexity index is 1200. The van der Waals surface area contributed by atoms with E-state index < -0.39 is 0 Å². The smallest absolute Gasteiger partial charge is 0.260 e. The van der Waals surface area contributed by atoms with Crippen LogP contribution in [0.25, 0.3) is 21.8 Å². The molecule has 28 heavy (non-hydrogen) atoms. The van der Waals surface area contributed by atoms with E-state index in [1.54, 1.807) is 36.4 Å². The molecule has 0 aliphatic rings. The average molecular weight is 371 g/mol. The van der Waals surface area contributed by atoms with Crippen LogP contribution in [0.1, 0.15) is 5.56 Å². The van der Waals surface area contributed by atoms with Crippen molar-refractivity contribution in [1.29, 1.82) is 0 Å². The van der Waals surface area contributed by atoms with Crippen LogP contribution in [0.5, 0.6) is 5.75 Å². The van der Waals surface area contributed by atoms with E-state index in [0.29, 0.717) is 21.8 Å². The molecule has 0 saturated heterocycles. The molecule has 4 aromatic rings. The molecule has 6 nitrogen and oxygen atoms in total. The Kier molecular flexibility index (Phi) is 4.60. The Labute approximate surface area is 160 Å². The predicted molar refractivity (Wildman–Crippen MR) is 110 cm³/mol. The van der Waals surface area contributed by atoms with E-state index in [-0.39, 0.29) is 23.6 Å². The molecule has 1 heterocycles. The van der Waals surface area contributed by atoms with Crippen molar-refractivity contribution in [2.24, 2.45) is 5.10 Å². The molecule has 1 amide bonds. The molecule has 0 saturated carbocycles. The van der Waals surface area contributed by atoms with E-state index in [4.69, 9.17) is 0 Å². The number of hydrogen-bond acceptors (Lipinski definition) is 4. The summed E-state index contributed by atoms with van der Waals surface area (Å²) in [6.07, 6.45) is 1.50. The Balaban J connectivity index is 1.65. The van der Waals surface area contributed by atoms with Gasteiger partial charge in [0.2, 0.25) is 0 Å². The van der Waals surface area contributed by atoms with Gasteiger partial charge in [-0.1, -0.05) is 24.3 Å². The van der Waals surface area contributed by atoms with Gasteiger partial charge in [-0.25, -0.2) is 5.43 Å². The van der Waals surface area contributed by atoms with Crippen LogP contribution in [0.2, 0.25) is 0 Å². The van der Waals surface area contributed by atoms with E-state index in [0.717, 1.165) is 5.56 Å². The number of aromatic nitrogens is 1. The van der Waals surface area contributed by atoms with Gasteiger partial charge in [0.15, 0.2) is 5.43 Å². The maximum atomic E-state index is 12.7. The lowest BCUT2D eigenvalue weighted by atomic mass is 10.1. The molecule has 0 atom stereocenters. The van der Waals surface area contributed by atoms with E-state index in [9.17, 15) is 14.7 Å². The molecule has 6 heteroatoms. The molecule has 1 aromatic heterocycles. The Morgan fingerprint density at radius 2 is 1.50 bits per heavy atom. The molecule has 4 rings (SSSR count). The minimum Gasteiger partial charge on any atom is -0.508 e. The van der Waals surface area contributed by atoms with Crippen molar-refractivity contribution in [3.63, 3.8) is 0 Å². The van der Waals surface area contributed by atoms with Crippen molar-refractivity contribution >= 4 is 33.9 Å². The van der Waals surface area contributed by atoms with Gasteiger partial charge in [-0.2, -0.15) is 5.10 Å². The number of para-hydroxylation sites is 2. The maximum Gasteiger partial charge on any atom is 0.260 e. The number of pyridine rings is 1. The molecule has 0 bridgehead atoms. The third kappa shape index (κ3) is 3.35. The van der Waals surface area contributed by atoms with Crippen LogP contribution in [0.4, 0.5) is 0 Å². The average Bonchev–Trinajstić information content (AvgIpc) is 2.72. The van der Waals surface area contributed by atoms with E-state index in [1.165, 1.54) is 6.21 Å². The Hall–Kier alpha value is -3.93. The summed E-state index contributed by atoms with van der Waals surface area (Å²) in [4.78, 5) is 25.2. The van der Waals surface area contributed by atoms with E-state index in [2.05, 4.69) is 10.5 Å². The van der Waals surface area contributed by atoms with E-state index in [1.807, 2.05) is 41.0 Å². The summed E-state index contributed by atoms with van der Waals surface area (Å²) in [5, 5.41) is 14.4. The van der Waals surface area contributed by atoms with Gasteiger partial charge in [-0.15, -0.1) is 0 Å². The molecular weight excluding hydrogens is 354 g/mol. The summed E-state index contributed by atoms with van der Waals surface area (Å²) in [5.41, 5.74) is 4.60. The first kappa shape index (κ1) is 17.5. The Morgan fingerprint density at radius 3 is 2.11 bits per heavy atom. The first-order valence-electron chi connectivity index (χ1n) is 8.75. The number of phenolic OH excluding ortho intramolecular Hbond substituents is 1. The standard InChI is InChI=1S/C22H17N3O3/c26-16-11-9-15(10-12-16)13-23-24-21(27)14-25-19-7-3-1-5-17(19)22(28)18-6-2-4-8-20(18)25/h1-13,26H,14H2,(H,24,27)/b23-13+. The van der Waals surface area contributed by atoms with Crippen LogP contribution in [-0.2, 0) is 11.3 Å². The van der Waals surface area contributed by atoms with Gasteiger partial charge in [0, 0.05) is 10.8 Å². The number of rotatable bonds is 4. The molecule has 0 radical (unpaired) electrons. The van der Waals surface area contributed by atoms with Crippen LogP contribution >= 0.6 is 0 Å². The zero-order chi connectivity index (χ0) is 19.5. The minimum absolute atomic E-state index is 0.0220. The zero-order valence-electron chi connectivity index (χ0n) is 14.9. The van der Waals surface area contributed by atoms with Crippen molar-refractivity contribution in [1.82, 2.24) is 9.99 Å². The first-order valence-corrected chi connectivity index (χ1v) is 8.75. The van der Waals surface area contributed by atoms with Gasteiger partial charge in [-0.05, 0) is 54.1 Å². The maximum absolute atomic E-state index is 12.7. The Morgan fingerprint density at radius 1 is 0.929 bits per heavy atom. The largest absolute Gasteiger partial charge is 0.508 e. The summed E-state index contributed by atoms with van der Waals surface area (Å²) in [5.74, 6) is -0.146. The van der Waals surface area contributed by atoms with Crippen molar-refractivity contribution in [3.05, 3.63) is 88.6 Å². The lowest BCUT2D eigenvalue weighted by molar-refractivity contribution is -0.121. The molecule has 0 aliphatic heterocycles. The fourth-order valence-electron chi connectivity index (χ4n) is 3.17. The highest BCUT2D eigenvalue weighted by Gasteiger charge is 2.12. The SMILES string of the molecule is O=C(Cn1c2ccccc2c(=O)c2ccccc21)N/N=C/c1ccc(O)cc1. The fourth-order valence-corrected chi connectivity index (χ4v) is 3.17. The monoisotopic (exact) mass is 371 g/mol. The number of carbonyl (C=O) groups is 1. The van der Waals surface area contributed by atoms with Crippen LogP contribution < -0.4 is 10.9 Å². The summed E-state index contributed by atoms with van der Waals surface area (Å²) in [7, 11) is 0. The second-order valence-electron chi connectivity index (χ2n) is 6.33. The molecule has 0 aliphatic carbocycles. The number of phenols is 1. The molecule has 138 valence electrons. The molecule has 3 aromatic carbocycles. The normalized spacial score (nSPS) is 11.3. The number of benzene rings is 3. The summed E-state index contributed by atoms with van der Waals surface area (Å²) in [6, 6.07) is 21.0. The number of carbonyl (C=O) groups excluding carboxylic acids is 1. The van der Waals surface area contributed by atoms with Crippen molar-refractivity contribution in [3.8, 4) is 5.75 Å². The summed E-state index contributed by atoms with van der Waals surface area (Å²) in [6.45, 7) is 0.0220. The first-order chi connectivity index (χ1) is 13.6. The number of hydrogen-bond donors (Lipinski definition) is 2. The number of hydrazone groups is 1. The van der Waals surface area contributed by atoms with Crippen LogP contribution in [0.15, 0.2) is 82.7 Å². The fraction of sp³-hybridized carbons (Fsp3) is 0.0455. The summed E-state index contributed by atoms with van der Waals surface area (Å²) >= 11 is 0. The van der Waals surface area contributed by atoms with E-state index >= 15 is 0 Å². The molecule has 0 unspecified atom stereocenters. The lowest BCUT2D eigenvalue weighted by Gasteiger charge is -2.14. The molecule has 0 fully saturated rings.